The van der Waals surface area contributed by atoms with E-state index in [2.05, 4.69) is 48.0 Å². The van der Waals surface area contributed by atoms with Crippen molar-refractivity contribution in [2.24, 2.45) is 0 Å². The fourth-order valence-electron chi connectivity index (χ4n) is 5.25. The number of anilines is 1. The standard InChI is InChI=1S/C31H34N4O4/c1-3-8-28-33-30-21(2)17-24(32-19-29(36)34-15-6-7-16-34)18-26(30)35(28)20-22-11-13-23(14-12-22)25-9-4-5-10-27(25)39-31(37)38/h4-5,9-14,17-18,32H,3,6-8,15-16,19-20H2,1-2H3,(H,37,38). The molecular weight excluding hydrogens is 492 g/mol. The summed E-state index contributed by atoms with van der Waals surface area (Å²) in [6, 6.07) is 19.4. The topological polar surface area (TPSA) is 96.7 Å². The first-order valence-corrected chi connectivity index (χ1v) is 13.5. The molecule has 8 nitrogen and oxygen atoms in total. The Morgan fingerprint density at radius 1 is 1.05 bits per heavy atom. The number of para-hydroxylation sites is 1. The zero-order valence-electron chi connectivity index (χ0n) is 22.4. The molecule has 202 valence electrons. The van der Waals surface area contributed by atoms with Crippen molar-refractivity contribution in [1.29, 1.82) is 0 Å². The van der Waals surface area contributed by atoms with Gasteiger partial charge in [0.25, 0.3) is 0 Å². The second-order valence-electron chi connectivity index (χ2n) is 10.0. The average Bonchev–Trinajstić information content (AvgIpc) is 3.58. The van der Waals surface area contributed by atoms with Crippen LogP contribution in [0.15, 0.2) is 60.7 Å². The van der Waals surface area contributed by atoms with E-state index in [0.717, 1.165) is 83.6 Å². The lowest BCUT2D eigenvalue weighted by Gasteiger charge is -2.16. The Morgan fingerprint density at radius 2 is 1.79 bits per heavy atom. The number of benzene rings is 3. The number of fused-ring (bicyclic) bond motifs is 1. The maximum Gasteiger partial charge on any atom is 0.511 e. The van der Waals surface area contributed by atoms with Gasteiger partial charge in [-0.2, -0.15) is 0 Å². The highest BCUT2D eigenvalue weighted by Crippen LogP contribution is 2.31. The van der Waals surface area contributed by atoms with Gasteiger partial charge in [-0.1, -0.05) is 49.4 Å². The van der Waals surface area contributed by atoms with Crippen LogP contribution < -0.4 is 10.1 Å². The minimum atomic E-state index is -1.33. The van der Waals surface area contributed by atoms with Crippen molar-refractivity contribution in [3.63, 3.8) is 0 Å². The zero-order valence-corrected chi connectivity index (χ0v) is 22.4. The molecule has 0 spiro atoms. The van der Waals surface area contributed by atoms with Crippen LogP contribution in [0.1, 0.15) is 43.1 Å². The van der Waals surface area contributed by atoms with Crippen molar-refractivity contribution in [3.05, 3.63) is 77.6 Å². The third-order valence-electron chi connectivity index (χ3n) is 7.19. The maximum atomic E-state index is 12.6. The van der Waals surface area contributed by atoms with E-state index in [1.165, 1.54) is 0 Å². The number of likely N-dealkylation sites (tertiary alicyclic amines) is 1. The molecule has 3 aromatic carbocycles. The van der Waals surface area contributed by atoms with Gasteiger partial charge in [-0.25, -0.2) is 9.78 Å². The number of hydrogen-bond acceptors (Lipinski definition) is 5. The number of carbonyl (C=O) groups excluding carboxylic acids is 1. The van der Waals surface area contributed by atoms with Crippen molar-refractivity contribution in [2.75, 3.05) is 25.0 Å². The predicted octanol–water partition coefficient (Wildman–Crippen LogP) is 6.10. The van der Waals surface area contributed by atoms with Gasteiger partial charge in [0.2, 0.25) is 5.91 Å². The smallest absolute Gasteiger partial charge is 0.449 e. The molecule has 2 heterocycles. The molecule has 5 rings (SSSR count). The molecule has 0 unspecified atom stereocenters. The molecule has 4 aromatic rings. The van der Waals surface area contributed by atoms with E-state index in [0.29, 0.717) is 12.3 Å². The summed E-state index contributed by atoms with van der Waals surface area (Å²) in [6.45, 7) is 6.85. The Morgan fingerprint density at radius 3 is 2.51 bits per heavy atom. The number of aromatic nitrogens is 2. The summed E-state index contributed by atoms with van der Waals surface area (Å²) in [5.74, 6) is 1.48. The Balaban J connectivity index is 1.41. The molecule has 0 bridgehead atoms. The average molecular weight is 527 g/mol. The molecule has 0 radical (unpaired) electrons. The van der Waals surface area contributed by atoms with Gasteiger partial charge in [0.05, 0.1) is 17.6 Å². The van der Waals surface area contributed by atoms with Crippen LogP contribution in [0, 0.1) is 6.92 Å². The van der Waals surface area contributed by atoms with Gasteiger partial charge >= 0.3 is 6.16 Å². The second kappa shape index (κ2) is 11.6. The quantitative estimate of drug-likeness (QED) is 0.202. The van der Waals surface area contributed by atoms with Crippen LogP contribution in [0.5, 0.6) is 5.75 Å². The number of carbonyl (C=O) groups is 2. The van der Waals surface area contributed by atoms with Gasteiger partial charge in [-0.05, 0) is 61.1 Å². The van der Waals surface area contributed by atoms with Crippen LogP contribution in [0.3, 0.4) is 0 Å². The van der Waals surface area contributed by atoms with Crippen LogP contribution in [0.2, 0.25) is 0 Å². The van der Waals surface area contributed by atoms with Gasteiger partial charge in [-0.3, -0.25) is 4.79 Å². The molecular formula is C31H34N4O4. The molecule has 1 saturated heterocycles. The van der Waals surface area contributed by atoms with E-state index in [1.54, 1.807) is 12.1 Å². The third kappa shape index (κ3) is 5.90. The highest BCUT2D eigenvalue weighted by Gasteiger charge is 2.18. The van der Waals surface area contributed by atoms with Crippen molar-refractivity contribution in [1.82, 2.24) is 14.5 Å². The van der Waals surface area contributed by atoms with E-state index in [9.17, 15) is 9.59 Å². The fourth-order valence-corrected chi connectivity index (χ4v) is 5.25. The highest BCUT2D eigenvalue weighted by atomic mass is 16.7. The number of carboxylic acid groups (broad SMARTS) is 1. The first-order valence-electron chi connectivity index (χ1n) is 13.5. The summed E-state index contributed by atoms with van der Waals surface area (Å²) < 4.78 is 7.23. The summed E-state index contributed by atoms with van der Waals surface area (Å²) in [4.78, 5) is 30.6. The molecule has 0 aliphatic carbocycles. The lowest BCUT2D eigenvalue weighted by Crippen LogP contribution is -2.32. The molecule has 1 aliphatic heterocycles. The van der Waals surface area contributed by atoms with Gasteiger partial charge in [0.1, 0.15) is 11.6 Å². The molecule has 8 heteroatoms. The largest absolute Gasteiger partial charge is 0.511 e. The monoisotopic (exact) mass is 526 g/mol. The van der Waals surface area contributed by atoms with Crippen molar-refractivity contribution >= 4 is 28.8 Å². The predicted molar refractivity (Wildman–Crippen MR) is 152 cm³/mol. The molecule has 1 aliphatic rings. The van der Waals surface area contributed by atoms with Crippen molar-refractivity contribution in [2.45, 2.75) is 46.1 Å². The molecule has 0 atom stereocenters. The Hall–Kier alpha value is -4.33. The lowest BCUT2D eigenvalue weighted by molar-refractivity contribution is -0.128. The normalized spacial score (nSPS) is 13.1. The highest BCUT2D eigenvalue weighted by molar-refractivity contribution is 5.86. The van der Waals surface area contributed by atoms with E-state index in [-0.39, 0.29) is 12.5 Å². The molecule has 1 aromatic heterocycles. The Labute approximate surface area is 228 Å². The number of ether oxygens (including phenoxy) is 1. The number of nitrogens with one attached hydrogen (secondary N) is 1. The summed E-state index contributed by atoms with van der Waals surface area (Å²) in [5.41, 5.74) is 6.72. The van der Waals surface area contributed by atoms with Crippen molar-refractivity contribution < 1.29 is 19.4 Å². The number of imidazole rings is 1. The fraction of sp³-hybridized carbons (Fsp3) is 0.323. The molecule has 0 saturated carbocycles. The van der Waals surface area contributed by atoms with E-state index < -0.39 is 6.16 Å². The number of rotatable bonds is 9. The van der Waals surface area contributed by atoms with Crippen LogP contribution in [-0.4, -0.2) is 51.3 Å². The number of hydrogen-bond donors (Lipinski definition) is 2. The van der Waals surface area contributed by atoms with Gasteiger partial charge < -0.3 is 24.6 Å². The SMILES string of the molecule is CCCc1nc2c(C)cc(NCC(=O)N3CCCC3)cc2n1Cc1ccc(-c2ccccc2OC(=O)O)cc1. The number of aryl methyl sites for hydroxylation is 2. The van der Waals surface area contributed by atoms with E-state index in [4.69, 9.17) is 14.8 Å². The molecule has 1 amide bonds. The zero-order chi connectivity index (χ0) is 27.4. The van der Waals surface area contributed by atoms with E-state index >= 15 is 0 Å². The Kier molecular flexibility index (Phi) is 7.81. The van der Waals surface area contributed by atoms with Gasteiger partial charge in [0, 0.05) is 37.3 Å². The van der Waals surface area contributed by atoms with Crippen molar-refractivity contribution in [3.8, 4) is 16.9 Å². The minimum Gasteiger partial charge on any atom is -0.449 e. The Bertz CT molecular complexity index is 1490. The molecule has 1 fully saturated rings. The van der Waals surface area contributed by atoms with Crippen LogP contribution >= 0.6 is 0 Å². The first-order chi connectivity index (χ1) is 18.9. The summed E-state index contributed by atoms with van der Waals surface area (Å²) >= 11 is 0. The van der Waals surface area contributed by atoms with Crippen LogP contribution in [-0.2, 0) is 17.8 Å². The number of amides is 1. The first kappa shape index (κ1) is 26.3. The summed E-state index contributed by atoms with van der Waals surface area (Å²) in [6.07, 6.45) is 2.68. The van der Waals surface area contributed by atoms with Crippen LogP contribution in [0.25, 0.3) is 22.2 Å². The number of nitrogens with zero attached hydrogens (tertiary/aromatic N) is 3. The molecule has 2 N–H and O–H groups in total. The van der Waals surface area contributed by atoms with Crippen LogP contribution in [0.4, 0.5) is 10.5 Å². The third-order valence-corrected chi connectivity index (χ3v) is 7.19. The summed E-state index contributed by atoms with van der Waals surface area (Å²) in [5, 5.41) is 12.4. The lowest BCUT2D eigenvalue weighted by atomic mass is 10.0. The minimum absolute atomic E-state index is 0.140. The van der Waals surface area contributed by atoms with E-state index in [1.807, 2.05) is 29.2 Å². The van der Waals surface area contributed by atoms with Gasteiger partial charge in [-0.15, -0.1) is 0 Å². The second-order valence-corrected chi connectivity index (χ2v) is 10.0. The molecule has 39 heavy (non-hydrogen) atoms. The van der Waals surface area contributed by atoms with Gasteiger partial charge in [0.15, 0.2) is 0 Å². The summed E-state index contributed by atoms with van der Waals surface area (Å²) in [7, 11) is 0. The maximum absolute atomic E-state index is 12.6.